The predicted octanol–water partition coefficient (Wildman–Crippen LogP) is 4.64. The standard InChI is InChI=1S/C25H30N2O4/c1-4-5-6-14-31-25(30)19-10-12-21(13-11-19)26-24(29)20-15-22(28)27(16-20)23-17(2)8-7-9-18(23)3/h7-13,20H,4-6,14-16H2,1-3H3,(H,26,29)/t20-/m0/s1. The van der Waals surface area contributed by atoms with E-state index in [2.05, 4.69) is 12.2 Å². The number of para-hydroxylation sites is 1. The zero-order valence-electron chi connectivity index (χ0n) is 18.4. The van der Waals surface area contributed by atoms with E-state index in [0.717, 1.165) is 36.1 Å². The van der Waals surface area contributed by atoms with Gasteiger partial charge in [-0.25, -0.2) is 4.79 Å². The molecule has 164 valence electrons. The number of ether oxygens (including phenoxy) is 1. The number of unbranched alkanes of at least 4 members (excludes halogenated alkanes) is 2. The van der Waals surface area contributed by atoms with Gasteiger partial charge in [-0.3, -0.25) is 9.59 Å². The van der Waals surface area contributed by atoms with Gasteiger partial charge < -0.3 is 15.0 Å². The largest absolute Gasteiger partial charge is 0.462 e. The molecule has 2 aromatic rings. The Morgan fingerprint density at radius 3 is 2.39 bits per heavy atom. The Morgan fingerprint density at radius 1 is 1.06 bits per heavy atom. The van der Waals surface area contributed by atoms with Crippen LogP contribution in [0.15, 0.2) is 42.5 Å². The fourth-order valence-corrected chi connectivity index (χ4v) is 3.86. The van der Waals surface area contributed by atoms with Crippen molar-refractivity contribution < 1.29 is 19.1 Å². The van der Waals surface area contributed by atoms with Crippen LogP contribution in [0.3, 0.4) is 0 Å². The molecule has 0 radical (unpaired) electrons. The Hall–Kier alpha value is -3.15. The number of anilines is 2. The highest BCUT2D eigenvalue weighted by molar-refractivity contribution is 6.04. The van der Waals surface area contributed by atoms with Crippen molar-refractivity contribution in [2.75, 3.05) is 23.4 Å². The van der Waals surface area contributed by atoms with Crippen molar-refractivity contribution in [1.29, 1.82) is 0 Å². The Morgan fingerprint density at radius 2 is 1.74 bits per heavy atom. The summed E-state index contributed by atoms with van der Waals surface area (Å²) in [5, 5.41) is 2.86. The number of hydrogen-bond acceptors (Lipinski definition) is 4. The lowest BCUT2D eigenvalue weighted by Crippen LogP contribution is -2.29. The van der Waals surface area contributed by atoms with Crippen molar-refractivity contribution >= 4 is 29.2 Å². The Bertz CT molecular complexity index is 932. The molecule has 3 rings (SSSR count). The van der Waals surface area contributed by atoms with Crippen LogP contribution >= 0.6 is 0 Å². The van der Waals surface area contributed by atoms with E-state index in [-0.39, 0.29) is 24.2 Å². The quantitative estimate of drug-likeness (QED) is 0.497. The van der Waals surface area contributed by atoms with Crippen LogP contribution in [-0.2, 0) is 14.3 Å². The van der Waals surface area contributed by atoms with E-state index in [1.54, 1.807) is 29.2 Å². The molecule has 1 saturated heterocycles. The lowest BCUT2D eigenvalue weighted by molar-refractivity contribution is -0.122. The number of benzene rings is 2. The number of carbonyl (C=O) groups excluding carboxylic acids is 3. The topological polar surface area (TPSA) is 75.7 Å². The Labute approximate surface area is 183 Å². The van der Waals surface area contributed by atoms with E-state index in [1.807, 2.05) is 32.0 Å². The molecule has 1 fully saturated rings. The van der Waals surface area contributed by atoms with Crippen molar-refractivity contribution in [2.24, 2.45) is 5.92 Å². The van der Waals surface area contributed by atoms with E-state index < -0.39 is 5.92 Å². The first-order valence-corrected chi connectivity index (χ1v) is 10.8. The molecule has 2 amide bonds. The number of amides is 2. The molecular formula is C25H30N2O4. The third kappa shape index (κ3) is 5.51. The smallest absolute Gasteiger partial charge is 0.338 e. The minimum Gasteiger partial charge on any atom is -0.462 e. The zero-order chi connectivity index (χ0) is 22.4. The van der Waals surface area contributed by atoms with E-state index >= 15 is 0 Å². The molecule has 1 aliphatic rings. The molecule has 1 atom stereocenters. The van der Waals surface area contributed by atoms with Gasteiger partial charge in [0, 0.05) is 24.3 Å². The van der Waals surface area contributed by atoms with Gasteiger partial charge in [-0.1, -0.05) is 38.0 Å². The molecule has 0 bridgehead atoms. The highest BCUT2D eigenvalue weighted by atomic mass is 16.5. The first-order valence-electron chi connectivity index (χ1n) is 10.8. The maximum absolute atomic E-state index is 12.7. The molecule has 6 heteroatoms. The van der Waals surface area contributed by atoms with Crippen LogP contribution in [0.4, 0.5) is 11.4 Å². The van der Waals surface area contributed by atoms with Crippen LogP contribution in [0.2, 0.25) is 0 Å². The molecule has 31 heavy (non-hydrogen) atoms. The van der Waals surface area contributed by atoms with Crippen LogP contribution in [-0.4, -0.2) is 30.9 Å². The van der Waals surface area contributed by atoms with Crippen LogP contribution in [0.5, 0.6) is 0 Å². The average molecular weight is 423 g/mol. The number of aryl methyl sites for hydroxylation is 2. The molecule has 0 spiro atoms. The lowest BCUT2D eigenvalue weighted by Gasteiger charge is -2.21. The molecule has 0 saturated carbocycles. The summed E-state index contributed by atoms with van der Waals surface area (Å²) in [5.41, 5.74) is 3.97. The third-order valence-electron chi connectivity index (χ3n) is 5.57. The zero-order valence-corrected chi connectivity index (χ0v) is 18.4. The van der Waals surface area contributed by atoms with Crippen molar-refractivity contribution in [2.45, 2.75) is 46.5 Å². The number of nitrogens with one attached hydrogen (secondary N) is 1. The highest BCUT2D eigenvalue weighted by Gasteiger charge is 2.36. The van der Waals surface area contributed by atoms with E-state index in [1.165, 1.54) is 0 Å². The molecule has 2 aromatic carbocycles. The first kappa shape index (κ1) is 22.5. The second kappa shape index (κ2) is 10.2. The van der Waals surface area contributed by atoms with E-state index in [9.17, 15) is 14.4 Å². The van der Waals surface area contributed by atoms with Crippen LogP contribution in [0.1, 0.15) is 54.1 Å². The van der Waals surface area contributed by atoms with Gasteiger partial charge in [0.25, 0.3) is 0 Å². The monoisotopic (exact) mass is 422 g/mol. The summed E-state index contributed by atoms with van der Waals surface area (Å²) in [7, 11) is 0. The van der Waals surface area contributed by atoms with Crippen LogP contribution in [0.25, 0.3) is 0 Å². The minimum atomic E-state index is -0.422. The van der Waals surface area contributed by atoms with Crippen molar-refractivity contribution in [3.8, 4) is 0 Å². The Kier molecular flexibility index (Phi) is 7.45. The maximum atomic E-state index is 12.7. The number of nitrogens with zero attached hydrogens (tertiary/aromatic N) is 1. The lowest BCUT2D eigenvalue weighted by atomic mass is 10.1. The molecule has 1 heterocycles. The second-order valence-electron chi connectivity index (χ2n) is 8.06. The highest BCUT2D eigenvalue weighted by Crippen LogP contribution is 2.31. The maximum Gasteiger partial charge on any atom is 0.338 e. The van der Waals surface area contributed by atoms with Gasteiger partial charge in [0.1, 0.15) is 0 Å². The summed E-state index contributed by atoms with van der Waals surface area (Å²) >= 11 is 0. The molecule has 6 nitrogen and oxygen atoms in total. The van der Waals surface area contributed by atoms with Crippen molar-refractivity contribution in [3.63, 3.8) is 0 Å². The van der Waals surface area contributed by atoms with Crippen molar-refractivity contribution in [1.82, 2.24) is 0 Å². The average Bonchev–Trinajstić information content (AvgIpc) is 3.13. The third-order valence-corrected chi connectivity index (χ3v) is 5.57. The van der Waals surface area contributed by atoms with Crippen LogP contribution < -0.4 is 10.2 Å². The van der Waals surface area contributed by atoms with E-state index in [0.29, 0.717) is 24.4 Å². The molecular weight excluding hydrogens is 392 g/mol. The fraction of sp³-hybridized carbons (Fsp3) is 0.400. The molecule has 0 aromatic heterocycles. The van der Waals surface area contributed by atoms with Gasteiger partial charge >= 0.3 is 5.97 Å². The molecule has 1 aliphatic heterocycles. The summed E-state index contributed by atoms with van der Waals surface area (Å²) < 4.78 is 5.25. The fourth-order valence-electron chi connectivity index (χ4n) is 3.86. The Balaban J connectivity index is 1.58. The van der Waals surface area contributed by atoms with Crippen LogP contribution in [0, 0.1) is 19.8 Å². The number of carbonyl (C=O) groups is 3. The SMILES string of the molecule is CCCCCOC(=O)c1ccc(NC(=O)[C@H]2CC(=O)N(c3c(C)cccc3C)C2)cc1. The van der Waals surface area contributed by atoms with E-state index in [4.69, 9.17) is 4.74 Å². The number of hydrogen-bond donors (Lipinski definition) is 1. The summed E-state index contributed by atoms with van der Waals surface area (Å²) in [6, 6.07) is 12.5. The first-order chi connectivity index (χ1) is 14.9. The number of rotatable bonds is 8. The molecule has 1 N–H and O–H groups in total. The molecule has 0 unspecified atom stereocenters. The van der Waals surface area contributed by atoms with Crippen molar-refractivity contribution in [3.05, 3.63) is 59.2 Å². The normalized spacial score (nSPS) is 15.8. The summed E-state index contributed by atoms with van der Waals surface area (Å²) in [5.74, 6) is -1.02. The summed E-state index contributed by atoms with van der Waals surface area (Å²) in [6.45, 7) is 6.81. The molecule has 0 aliphatic carbocycles. The predicted molar refractivity (Wildman–Crippen MR) is 121 cm³/mol. The van der Waals surface area contributed by atoms with Gasteiger partial charge in [-0.2, -0.15) is 0 Å². The minimum absolute atomic E-state index is 0.0429. The number of esters is 1. The van der Waals surface area contributed by atoms with Gasteiger partial charge in [0.05, 0.1) is 18.1 Å². The summed E-state index contributed by atoms with van der Waals surface area (Å²) in [6.07, 6.45) is 3.14. The van der Waals surface area contributed by atoms with Gasteiger partial charge in [-0.05, 0) is 55.7 Å². The van der Waals surface area contributed by atoms with Gasteiger partial charge in [0.2, 0.25) is 11.8 Å². The van der Waals surface area contributed by atoms with Gasteiger partial charge in [-0.15, -0.1) is 0 Å². The van der Waals surface area contributed by atoms with Gasteiger partial charge in [0.15, 0.2) is 0 Å². The summed E-state index contributed by atoms with van der Waals surface area (Å²) in [4.78, 5) is 39.1. The second-order valence-corrected chi connectivity index (χ2v) is 8.06.